The van der Waals surface area contributed by atoms with E-state index in [9.17, 15) is 13.2 Å². The quantitative estimate of drug-likeness (QED) is 0.840. The molecule has 1 amide bonds. The second kappa shape index (κ2) is 7.91. The Bertz CT molecular complexity index is 890. The Morgan fingerprint density at radius 1 is 1.08 bits per heavy atom. The van der Waals surface area contributed by atoms with Gasteiger partial charge in [0.2, 0.25) is 10.0 Å². The van der Waals surface area contributed by atoms with Crippen LogP contribution in [-0.4, -0.2) is 27.1 Å². The van der Waals surface area contributed by atoms with Crippen LogP contribution in [0.3, 0.4) is 0 Å². The highest BCUT2D eigenvalue weighted by molar-refractivity contribution is 7.92. The van der Waals surface area contributed by atoms with Crippen molar-refractivity contribution in [3.05, 3.63) is 64.7 Å². The van der Waals surface area contributed by atoms with Gasteiger partial charge >= 0.3 is 0 Å². The Morgan fingerprint density at radius 3 is 2.23 bits per heavy atom. The number of nitrogens with zero attached hydrogens (tertiary/aromatic N) is 1. The van der Waals surface area contributed by atoms with Gasteiger partial charge in [0.05, 0.1) is 17.5 Å². The fourth-order valence-electron chi connectivity index (χ4n) is 2.57. The number of carbonyl (C=O) groups is 1. The van der Waals surface area contributed by atoms with Crippen molar-refractivity contribution in [3.8, 4) is 0 Å². The lowest BCUT2D eigenvalue weighted by molar-refractivity contribution is 0.0940. The molecule has 26 heavy (non-hydrogen) atoms. The molecule has 1 unspecified atom stereocenters. The zero-order valence-corrected chi connectivity index (χ0v) is 16.7. The largest absolute Gasteiger partial charge is 0.346 e. The van der Waals surface area contributed by atoms with Gasteiger partial charge in [-0.2, -0.15) is 0 Å². The molecule has 2 rings (SSSR count). The normalized spacial score (nSPS) is 12.5. The summed E-state index contributed by atoms with van der Waals surface area (Å²) in [5.74, 6) is -0.164. The number of anilines is 1. The minimum atomic E-state index is -3.31. The fourth-order valence-corrected chi connectivity index (χ4v) is 3.40. The monoisotopic (exact) mass is 374 g/mol. The molecule has 2 aromatic rings. The number of hydrogen-bond donors (Lipinski definition) is 1. The molecule has 1 atom stereocenters. The van der Waals surface area contributed by atoms with Crippen LogP contribution in [-0.2, 0) is 10.0 Å². The molecule has 5 nitrogen and oxygen atoms in total. The van der Waals surface area contributed by atoms with E-state index in [0.717, 1.165) is 5.56 Å². The Morgan fingerprint density at radius 2 is 1.69 bits per heavy atom. The number of nitrogens with one attached hydrogen (secondary N) is 1. The van der Waals surface area contributed by atoms with E-state index in [-0.39, 0.29) is 17.7 Å². The van der Waals surface area contributed by atoms with Crippen LogP contribution in [0.1, 0.15) is 46.9 Å². The zero-order chi connectivity index (χ0) is 19.5. The Labute approximate surface area is 156 Å². The van der Waals surface area contributed by atoms with Crippen molar-refractivity contribution < 1.29 is 13.2 Å². The average molecular weight is 375 g/mol. The first-order valence-electron chi connectivity index (χ1n) is 8.60. The fraction of sp³-hybridized carbons (Fsp3) is 0.350. The Hall–Kier alpha value is -2.34. The number of rotatable bonds is 6. The van der Waals surface area contributed by atoms with Gasteiger partial charge in [-0.3, -0.25) is 9.10 Å². The van der Waals surface area contributed by atoms with Crippen LogP contribution >= 0.6 is 0 Å². The van der Waals surface area contributed by atoms with Crippen LogP contribution in [0.4, 0.5) is 5.69 Å². The predicted octanol–water partition coefficient (Wildman–Crippen LogP) is 3.58. The van der Waals surface area contributed by atoms with Crippen molar-refractivity contribution in [1.82, 2.24) is 5.32 Å². The topological polar surface area (TPSA) is 66.5 Å². The molecule has 0 heterocycles. The molecule has 1 N–H and O–H groups in total. The Balaban J connectivity index is 2.11. The van der Waals surface area contributed by atoms with Gasteiger partial charge in [0.15, 0.2) is 0 Å². The van der Waals surface area contributed by atoms with E-state index in [0.29, 0.717) is 11.3 Å². The molecule has 0 aromatic heterocycles. The summed E-state index contributed by atoms with van der Waals surface area (Å²) in [5, 5.41) is 2.98. The van der Waals surface area contributed by atoms with E-state index >= 15 is 0 Å². The highest BCUT2D eigenvalue weighted by Crippen LogP contribution is 2.19. The van der Waals surface area contributed by atoms with Crippen molar-refractivity contribution >= 4 is 21.6 Å². The molecule has 6 heteroatoms. The first kappa shape index (κ1) is 20.0. The highest BCUT2D eigenvalue weighted by Gasteiger charge is 2.17. The van der Waals surface area contributed by atoms with Gasteiger partial charge in [0.1, 0.15) is 0 Å². The lowest BCUT2D eigenvalue weighted by Gasteiger charge is -2.19. The number of aryl methyl sites for hydroxylation is 2. The minimum Gasteiger partial charge on any atom is -0.346 e. The van der Waals surface area contributed by atoms with E-state index in [2.05, 4.69) is 18.3 Å². The van der Waals surface area contributed by atoms with Gasteiger partial charge in [0.25, 0.3) is 5.91 Å². The standard InChI is InChI=1S/C20H26N2O3S/c1-6-26(24,25)22(5)19-11-9-17(10-12-19)20(23)21-16(4)18-8-7-14(2)15(3)13-18/h7-13,16H,6H2,1-5H3,(H,21,23). The molecule has 0 aliphatic heterocycles. The first-order chi connectivity index (χ1) is 12.2. The molecule has 0 saturated heterocycles. The summed E-state index contributed by atoms with van der Waals surface area (Å²) in [6.07, 6.45) is 0. The van der Waals surface area contributed by atoms with Crippen LogP contribution in [0.5, 0.6) is 0 Å². The van der Waals surface area contributed by atoms with Crippen molar-refractivity contribution in [1.29, 1.82) is 0 Å². The molecular formula is C20H26N2O3S. The van der Waals surface area contributed by atoms with Crippen LogP contribution < -0.4 is 9.62 Å². The van der Waals surface area contributed by atoms with E-state index < -0.39 is 10.0 Å². The van der Waals surface area contributed by atoms with Crippen molar-refractivity contribution in [3.63, 3.8) is 0 Å². The third-order valence-electron chi connectivity index (χ3n) is 4.65. The number of amides is 1. The maximum Gasteiger partial charge on any atom is 0.251 e. The predicted molar refractivity (Wildman–Crippen MR) is 106 cm³/mol. The second-order valence-corrected chi connectivity index (χ2v) is 8.74. The maximum atomic E-state index is 12.5. The minimum absolute atomic E-state index is 0.0270. The molecule has 2 aromatic carbocycles. The van der Waals surface area contributed by atoms with Crippen molar-refractivity contribution in [2.75, 3.05) is 17.1 Å². The molecule has 0 spiro atoms. The summed E-state index contributed by atoms with van der Waals surface area (Å²) >= 11 is 0. The zero-order valence-electron chi connectivity index (χ0n) is 15.9. The number of sulfonamides is 1. The smallest absolute Gasteiger partial charge is 0.251 e. The van der Waals surface area contributed by atoms with E-state index in [1.807, 2.05) is 26.0 Å². The van der Waals surface area contributed by atoms with Crippen molar-refractivity contribution in [2.45, 2.75) is 33.7 Å². The lowest BCUT2D eigenvalue weighted by Crippen LogP contribution is -2.28. The Kier molecular flexibility index (Phi) is 6.08. The van der Waals surface area contributed by atoms with E-state index in [1.54, 1.807) is 31.2 Å². The lowest BCUT2D eigenvalue weighted by atomic mass is 10.0. The summed E-state index contributed by atoms with van der Waals surface area (Å²) < 4.78 is 25.1. The van der Waals surface area contributed by atoms with Gasteiger partial charge in [-0.1, -0.05) is 18.2 Å². The van der Waals surface area contributed by atoms with Crippen LogP contribution in [0, 0.1) is 13.8 Å². The molecule has 0 aliphatic carbocycles. The third kappa shape index (κ3) is 4.43. The van der Waals surface area contributed by atoms with Gasteiger partial charge in [-0.05, 0) is 68.7 Å². The van der Waals surface area contributed by atoms with Crippen LogP contribution in [0.2, 0.25) is 0 Å². The van der Waals surface area contributed by atoms with E-state index in [1.165, 1.54) is 22.5 Å². The van der Waals surface area contributed by atoms with Gasteiger partial charge in [-0.15, -0.1) is 0 Å². The molecule has 0 saturated carbocycles. The summed E-state index contributed by atoms with van der Waals surface area (Å²) in [6, 6.07) is 12.6. The summed E-state index contributed by atoms with van der Waals surface area (Å²) in [7, 11) is -1.80. The number of carbonyl (C=O) groups excluding carboxylic acids is 1. The first-order valence-corrected chi connectivity index (χ1v) is 10.2. The van der Waals surface area contributed by atoms with Crippen LogP contribution in [0.25, 0.3) is 0 Å². The molecule has 0 aliphatic rings. The van der Waals surface area contributed by atoms with E-state index in [4.69, 9.17) is 0 Å². The second-order valence-electron chi connectivity index (χ2n) is 6.45. The summed E-state index contributed by atoms with van der Waals surface area (Å²) in [5.41, 5.74) is 4.48. The molecular weight excluding hydrogens is 348 g/mol. The molecule has 0 fully saturated rings. The number of benzene rings is 2. The SMILES string of the molecule is CCS(=O)(=O)N(C)c1ccc(C(=O)NC(C)c2ccc(C)c(C)c2)cc1. The molecule has 140 valence electrons. The molecule has 0 bridgehead atoms. The maximum absolute atomic E-state index is 12.5. The van der Waals surface area contributed by atoms with Gasteiger partial charge in [0, 0.05) is 12.6 Å². The highest BCUT2D eigenvalue weighted by atomic mass is 32.2. The summed E-state index contributed by atoms with van der Waals surface area (Å²) in [6.45, 7) is 7.65. The van der Waals surface area contributed by atoms with Crippen LogP contribution in [0.15, 0.2) is 42.5 Å². The number of hydrogen-bond acceptors (Lipinski definition) is 3. The van der Waals surface area contributed by atoms with Crippen molar-refractivity contribution in [2.24, 2.45) is 0 Å². The van der Waals surface area contributed by atoms with Gasteiger partial charge in [-0.25, -0.2) is 8.42 Å². The van der Waals surface area contributed by atoms with Gasteiger partial charge < -0.3 is 5.32 Å². The molecule has 0 radical (unpaired) electrons. The summed E-state index contributed by atoms with van der Waals surface area (Å²) in [4.78, 5) is 12.5. The third-order valence-corrected chi connectivity index (χ3v) is 6.43. The average Bonchev–Trinajstić information content (AvgIpc) is 2.63.